The van der Waals surface area contributed by atoms with Gasteiger partial charge in [-0.05, 0) is 25.1 Å². The molecule has 0 aliphatic rings. The average Bonchev–Trinajstić information content (AvgIpc) is 2.51. The number of nitrogens with zero attached hydrogens (tertiary/aromatic N) is 1. The van der Waals surface area contributed by atoms with Crippen LogP contribution >= 0.6 is 0 Å². The Labute approximate surface area is 143 Å². The van der Waals surface area contributed by atoms with Crippen LogP contribution in [-0.2, 0) is 9.59 Å². The fourth-order valence-electron chi connectivity index (χ4n) is 1.92. The maximum atomic E-state index is 12.0. The number of amides is 2. The number of nitrogens with one attached hydrogen (secondary N) is 2. The summed E-state index contributed by atoms with van der Waals surface area (Å²) >= 11 is 0. The van der Waals surface area contributed by atoms with Crippen molar-refractivity contribution in [3.05, 3.63) is 29.8 Å². The summed E-state index contributed by atoms with van der Waals surface area (Å²) in [6.07, 6.45) is -1.48. The van der Waals surface area contributed by atoms with Crippen LogP contribution in [0.3, 0.4) is 0 Å². The molecule has 136 valence electrons. The quantitative estimate of drug-likeness (QED) is 0.247. The molecule has 1 aromatic rings. The number of aliphatic hydroxyl groups is 1. The Morgan fingerprint density at radius 1 is 1.28 bits per heavy atom. The van der Waals surface area contributed by atoms with Crippen LogP contribution in [0.25, 0.3) is 0 Å². The fraction of sp³-hybridized carbons (Fsp3) is 0.333. The first-order valence-electron chi connectivity index (χ1n) is 7.36. The molecule has 25 heavy (non-hydrogen) atoms. The number of rotatable bonds is 8. The molecule has 0 spiro atoms. The van der Waals surface area contributed by atoms with Gasteiger partial charge in [-0.2, -0.15) is 0 Å². The van der Waals surface area contributed by atoms with Gasteiger partial charge in [0.25, 0.3) is 5.91 Å². The second kappa shape index (κ2) is 9.23. The van der Waals surface area contributed by atoms with Crippen molar-refractivity contribution in [2.75, 3.05) is 6.54 Å². The summed E-state index contributed by atoms with van der Waals surface area (Å²) in [5.41, 5.74) is 11.2. The Morgan fingerprint density at radius 3 is 2.52 bits per heavy atom. The number of carboxylic acids is 1. The van der Waals surface area contributed by atoms with Gasteiger partial charge in [0, 0.05) is 5.56 Å². The van der Waals surface area contributed by atoms with Gasteiger partial charge in [-0.15, -0.1) is 0 Å². The molecule has 2 amide bonds. The third-order valence-electron chi connectivity index (χ3n) is 3.10. The monoisotopic (exact) mass is 351 g/mol. The van der Waals surface area contributed by atoms with Crippen LogP contribution < -0.4 is 22.1 Å². The van der Waals surface area contributed by atoms with E-state index in [1.54, 1.807) is 12.1 Å². The molecule has 0 aliphatic heterocycles. The Hall–Kier alpha value is -3.14. The highest BCUT2D eigenvalue weighted by atomic mass is 16.4. The zero-order valence-corrected chi connectivity index (χ0v) is 13.6. The molecule has 0 aliphatic carbocycles. The van der Waals surface area contributed by atoms with Crippen molar-refractivity contribution in [3.63, 3.8) is 0 Å². The van der Waals surface area contributed by atoms with Gasteiger partial charge in [-0.1, -0.05) is 6.07 Å². The number of hydrogen-bond acceptors (Lipinski definition) is 5. The highest BCUT2D eigenvalue weighted by Gasteiger charge is 2.21. The van der Waals surface area contributed by atoms with E-state index in [-0.39, 0.29) is 18.1 Å². The molecule has 0 bridgehead atoms. The number of guanidine groups is 1. The van der Waals surface area contributed by atoms with E-state index in [1.807, 2.05) is 0 Å². The zero-order valence-electron chi connectivity index (χ0n) is 13.6. The Bertz CT molecular complexity index is 670. The lowest BCUT2D eigenvalue weighted by Crippen LogP contribution is -2.47. The second-order valence-electron chi connectivity index (χ2n) is 5.28. The van der Waals surface area contributed by atoms with E-state index in [9.17, 15) is 19.5 Å². The highest BCUT2D eigenvalue weighted by Crippen LogP contribution is 2.13. The topological polar surface area (TPSA) is 180 Å². The van der Waals surface area contributed by atoms with Crippen molar-refractivity contribution >= 4 is 29.4 Å². The van der Waals surface area contributed by atoms with Crippen LogP contribution in [0.2, 0.25) is 0 Å². The predicted molar refractivity (Wildman–Crippen MR) is 90.1 cm³/mol. The van der Waals surface area contributed by atoms with E-state index in [1.165, 1.54) is 19.1 Å². The van der Waals surface area contributed by atoms with E-state index in [0.29, 0.717) is 5.69 Å². The first-order chi connectivity index (χ1) is 11.7. The molecular weight excluding hydrogens is 330 g/mol. The molecule has 2 atom stereocenters. The lowest BCUT2D eigenvalue weighted by molar-refractivity contribution is -0.138. The molecule has 1 rings (SSSR count). The zero-order chi connectivity index (χ0) is 19.0. The minimum atomic E-state index is -1.16. The summed E-state index contributed by atoms with van der Waals surface area (Å²) in [4.78, 5) is 38.3. The summed E-state index contributed by atoms with van der Waals surface area (Å²) in [5, 5.41) is 22.9. The molecular formula is C15H21N5O5. The minimum absolute atomic E-state index is 0.153. The number of aliphatic hydroxyl groups excluding tert-OH is 1. The van der Waals surface area contributed by atoms with E-state index in [0.717, 1.165) is 0 Å². The van der Waals surface area contributed by atoms with Gasteiger partial charge in [0.05, 0.1) is 30.8 Å². The van der Waals surface area contributed by atoms with Crippen LogP contribution in [0.15, 0.2) is 29.3 Å². The first kappa shape index (κ1) is 19.9. The summed E-state index contributed by atoms with van der Waals surface area (Å²) < 4.78 is 0. The fourth-order valence-corrected chi connectivity index (χ4v) is 1.92. The summed E-state index contributed by atoms with van der Waals surface area (Å²) in [7, 11) is 0. The van der Waals surface area contributed by atoms with Crippen molar-refractivity contribution in [1.29, 1.82) is 0 Å². The molecule has 2 unspecified atom stereocenters. The maximum absolute atomic E-state index is 12.0. The number of nitrogens with two attached hydrogens (primary N) is 2. The maximum Gasteiger partial charge on any atom is 0.305 e. The Kier molecular flexibility index (Phi) is 7.35. The third kappa shape index (κ3) is 7.31. The van der Waals surface area contributed by atoms with Gasteiger partial charge in [0.1, 0.15) is 0 Å². The number of aliphatic imine (C=N–C) groups is 1. The number of carbonyl (C=O) groups is 3. The third-order valence-corrected chi connectivity index (χ3v) is 3.10. The molecule has 0 radical (unpaired) electrons. The van der Waals surface area contributed by atoms with Crippen LogP contribution in [-0.4, -0.2) is 52.6 Å². The number of carboxylic acid groups (broad SMARTS) is 1. The van der Waals surface area contributed by atoms with Crippen LogP contribution in [0.1, 0.15) is 23.7 Å². The molecule has 0 aromatic heterocycles. The van der Waals surface area contributed by atoms with Gasteiger partial charge in [-0.25, -0.2) is 4.99 Å². The van der Waals surface area contributed by atoms with E-state index in [4.69, 9.17) is 16.6 Å². The van der Waals surface area contributed by atoms with Gasteiger partial charge < -0.3 is 32.3 Å². The molecule has 8 N–H and O–H groups in total. The molecule has 10 heteroatoms. The summed E-state index contributed by atoms with van der Waals surface area (Å²) in [6, 6.07) is 5.18. The second-order valence-corrected chi connectivity index (χ2v) is 5.28. The van der Waals surface area contributed by atoms with Crippen molar-refractivity contribution in [2.45, 2.75) is 25.5 Å². The molecule has 0 fully saturated rings. The van der Waals surface area contributed by atoms with E-state index in [2.05, 4.69) is 15.6 Å². The standard InChI is InChI=1S/C15H21N5O5/c1-8(21)11(6-13(23)24)20-12(22)7-18-14(25)9-3-2-4-10(5-9)19-15(16)17/h2-5,8,11,21H,6-7H2,1H3,(H,18,25)(H,20,22)(H,23,24)(H4,16,17,19). The van der Waals surface area contributed by atoms with Crippen LogP contribution in [0.4, 0.5) is 5.69 Å². The molecule has 1 aromatic carbocycles. The first-order valence-corrected chi connectivity index (χ1v) is 7.36. The van der Waals surface area contributed by atoms with E-state index < -0.39 is 36.4 Å². The Morgan fingerprint density at radius 2 is 1.96 bits per heavy atom. The largest absolute Gasteiger partial charge is 0.481 e. The predicted octanol–water partition coefficient (Wildman–Crippen LogP) is -1.34. The van der Waals surface area contributed by atoms with Gasteiger partial charge >= 0.3 is 5.97 Å². The average molecular weight is 351 g/mol. The van der Waals surface area contributed by atoms with Crippen LogP contribution in [0, 0.1) is 0 Å². The highest BCUT2D eigenvalue weighted by molar-refractivity contribution is 5.97. The smallest absolute Gasteiger partial charge is 0.305 e. The normalized spacial score (nSPS) is 12.6. The number of aliphatic carboxylic acids is 1. The number of benzene rings is 1. The van der Waals surface area contributed by atoms with Crippen molar-refractivity contribution in [1.82, 2.24) is 10.6 Å². The van der Waals surface area contributed by atoms with Crippen molar-refractivity contribution in [2.24, 2.45) is 16.5 Å². The summed E-state index contributed by atoms with van der Waals surface area (Å²) in [5.74, 6) is -2.47. The summed E-state index contributed by atoms with van der Waals surface area (Å²) in [6.45, 7) is 0.982. The molecule has 10 nitrogen and oxygen atoms in total. The van der Waals surface area contributed by atoms with E-state index >= 15 is 0 Å². The van der Waals surface area contributed by atoms with Crippen molar-refractivity contribution in [3.8, 4) is 0 Å². The van der Waals surface area contributed by atoms with Crippen molar-refractivity contribution < 1.29 is 24.6 Å². The number of carbonyl (C=O) groups excluding carboxylic acids is 2. The lowest BCUT2D eigenvalue weighted by Gasteiger charge is -2.19. The van der Waals surface area contributed by atoms with Crippen LogP contribution in [0.5, 0.6) is 0 Å². The number of hydrogen-bond donors (Lipinski definition) is 6. The Balaban J connectivity index is 2.62. The molecule has 0 saturated heterocycles. The van der Waals surface area contributed by atoms with Gasteiger partial charge in [-0.3, -0.25) is 14.4 Å². The van der Waals surface area contributed by atoms with Gasteiger partial charge in [0.15, 0.2) is 5.96 Å². The molecule has 0 saturated carbocycles. The minimum Gasteiger partial charge on any atom is -0.481 e. The van der Waals surface area contributed by atoms with Gasteiger partial charge in [0.2, 0.25) is 5.91 Å². The lowest BCUT2D eigenvalue weighted by atomic mass is 10.1. The SMILES string of the molecule is CC(O)C(CC(=O)O)NC(=O)CNC(=O)c1cccc(N=C(N)N)c1. The molecule has 0 heterocycles.